The van der Waals surface area contributed by atoms with Crippen molar-refractivity contribution in [2.45, 2.75) is 64.2 Å². The molecular formula is C25H28FNO2. The lowest BCUT2D eigenvalue weighted by Crippen LogP contribution is -2.18. The van der Waals surface area contributed by atoms with Crippen molar-refractivity contribution < 1.29 is 13.9 Å². The van der Waals surface area contributed by atoms with Crippen molar-refractivity contribution in [2.24, 2.45) is 5.92 Å². The van der Waals surface area contributed by atoms with Gasteiger partial charge in [0.25, 0.3) is 0 Å². The van der Waals surface area contributed by atoms with Gasteiger partial charge in [0.05, 0.1) is 11.1 Å². The monoisotopic (exact) mass is 393 g/mol. The molecule has 0 spiro atoms. The fraction of sp³-hybridized carbons (Fsp3) is 0.440. The van der Waals surface area contributed by atoms with E-state index in [1.807, 2.05) is 18.2 Å². The van der Waals surface area contributed by atoms with Gasteiger partial charge in [-0.3, -0.25) is 0 Å². The first-order chi connectivity index (χ1) is 14.1. The van der Waals surface area contributed by atoms with E-state index in [1.54, 1.807) is 12.1 Å². The zero-order valence-electron chi connectivity index (χ0n) is 17.0. The number of hydrogen-bond acceptors (Lipinski definition) is 3. The number of nitrogens with zero attached hydrogens (tertiary/aromatic N) is 1. The molecule has 0 radical (unpaired) electrons. The SMILES string of the molecule is CCCCCC1CCC(c2ccccc2C(=O)Oc2ccc(C#N)c(F)c2)CC1. The van der Waals surface area contributed by atoms with E-state index < -0.39 is 11.8 Å². The van der Waals surface area contributed by atoms with Gasteiger partial charge in [-0.2, -0.15) is 5.26 Å². The van der Waals surface area contributed by atoms with Gasteiger partial charge in [0.1, 0.15) is 17.6 Å². The Hall–Kier alpha value is -2.67. The van der Waals surface area contributed by atoms with Gasteiger partial charge in [-0.15, -0.1) is 0 Å². The molecule has 0 atom stereocenters. The fourth-order valence-electron chi connectivity index (χ4n) is 4.30. The molecule has 0 amide bonds. The molecule has 0 saturated heterocycles. The summed E-state index contributed by atoms with van der Waals surface area (Å²) in [5.74, 6) is 0.112. The largest absolute Gasteiger partial charge is 0.423 e. The zero-order chi connectivity index (χ0) is 20.6. The third-order valence-corrected chi connectivity index (χ3v) is 5.95. The van der Waals surface area contributed by atoms with E-state index in [0.29, 0.717) is 11.5 Å². The van der Waals surface area contributed by atoms with Gasteiger partial charge < -0.3 is 4.74 Å². The number of carbonyl (C=O) groups excluding carboxylic acids is 1. The molecule has 1 fully saturated rings. The summed E-state index contributed by atoms with van der Waals surface area (Å²) in [5.41, 5.74) is 1.51. The van der Waals surface area contributed by atoms with Crippen LogP contribution in [0.15, 0.2) is 42.5 Å². The van der Waals surface area contributed by atoms with Gasteiger partial charge in [0.2, 0.25) is 0 Å². The first-order valence-electron chi connectivity index (χ1n) is 10.6. The van der Waals surface area contributed by atoms with Crippen LogP contribution in [0.25, 0.3) is 0 Å². The number of benzene rings is 2. The van der Waals surface area contributed by atoms with Crippen LogP contribution < -0.4 is 4.74 Å². The molecule has 29 heavy (non-hydrogen) atoms. The maximum atomic E-state index is 13.8. The second-order valence-electron chi connectivity index (χ2n) is 7.94. The van der Waals surface area contributed by atoms with Crippen LogP contribution >= 0.6 is 0 Å². The second-order valence-corrected chi connectivity index (χ2v) is 7.94. The summed E-state index contributed by atoms with van der Waals surface area (Å²) >= 11 is 0. The predicted molar refractivity (Wildman–Crippen MR) is 111 cm³/mol. The van der Waals surface area contributed by atoms with Gasteiger partial charge in [-0.1, -0.05) is 50.8 Å². The normalized spacial score (nSPS) is 18.8. The van der Waals surface area contributed by atoms with Crippen molar-refractivity contribution in [2.75, 3.05) is 0 Å². The van der Waals surface area contributed by atoms with Crippen LogP contribution in [0.2, 0.25) is 0 Å². The molecule has 2 aromatic rings. The average Bonchev–Trinajstić information content (AvgIpc) is 2.74. The van der Waals surface area contributed by atoms with Crippen LogP contribution in [0, 0.1) is 23.1 Å². The summed E-state index contributed by atoms with van der Waals surface area (Å²) in [6.07, 6.45) is 9.79. The van der Waals surface area contributed by atoms with Crippen LogP contribution in [-0.4, -0.2) is 5.97 Å². The van der Waals surface area contributed by atoms with Crippen molar-refractivity contribution in [3.05, 3.63) is 65.0 Å². The first kappa shape index (κ1) is 21.0. The van der Waals surface area contributed by atoms with E-state index >= 15 is 0 Å². The van der Waals surface area contributed by atoms with Gasteiger partial charge in [-0.05, 0) is 61.3 Å². The number of ether oxygens (including phenoxy) is 1. The lowest BCUT2D eigenvalue weighted by atomic mass is 9.76. The molecule has 2 aromatic carbocycles. The quantitative estimate of drug-likeness (QED) is 0.296. The number of unbranched alkanes of at least 4 members (excludes halogenated alkanes) is 2. The number of nitriles is 1. The van der Waals surface area contributed by atoms with Crippen LogP contribution in [-0.2, 0) is 0 Å². The van der Waals surface area contributed by atoms with Crippen molar-refractivity contribution >= 4 is 5.97 Å². The highest BCUT2D eigenvalue weighted by atomic mass is 19.1. The summed E-state index contributed by atoms with van der Waals surface area (Å²) in [6.45, 7) is 2.24. The third kappa shape index (κ3) is 5.44. The Morgan fingerprint density at radius 3 is 2.59 bits per heavy atom. The Morgan fingerprint density at radius 2 is 1.90 bits per heavy atom. The Labute approximate surface area is 172 Å². The summed E-state index contributed by atoms with van der Waals surface area (Å²) in [5, 5.41) is 8.83. The maximum Gasteiger partial charge on any atom is 0.343 e. The Kier molecular flexibility index (Phi) is 7.41. The predicted octanol–water partition coefficient (Wildman–Crippen LogP) is 6.77. The summed E-state index contributed by atoms with van der Waals surface area (Å²) in [4.78, 5) is 12.8. The number of halogens is 1. The Balaban J connectivity index is 1.67. The van der Waals surface area contributed by atoms with Crippen molar-refractivity contribution in [3.8, 4) is 11.8 Å². The molecule has 0 aliphatic heterocycles. The molecule has 0 aromatic heterocycles. The molecule has 0 N–H and O–H groups in total. The highest BCUT2D eigenvalue weighted by molar-refractivity contribution is 5.92. The minimum absolute atomic E-state index is 0.0686. The standard InChI is InChI=1S/C25H28FNO2/c1-2-3-4-7-18-10-12-19(13-11-18)22-8-5-6-9-23(22)25(28)29-21-15-14-20(17-27)24(26)16-21/h5-6,8-9,14-16,18-19H,2-4,7,10-13H2,1H3. The number of hydrogen-bond donors (Lipinski definition) is 0. The van der Waals surface area contributed by atoms with E-state index in [0.717, 1.165) is 30.4 Å². The van der Waals surface area contributed by atoms with E-state index in [9.17, 15) is 9.18 Å². The average molecular weight is 394 g/mol. The van der Waals surface area contributed by atoms with E-state index in [2.05, 4.69) is 6.92 Å². The van der Waals surface area contributed by atoms with E-state index in [4.69, 9.17) is 10.00 Å². The molecule has 1 aliphatic carbocycles. The number of carbonyl (C=O) groups is 1. The van der Waals surface area contributed by atoms with Crippen molar-refractivity contribution in [1.29, 1.82) is 5.26 Å². The number of rotatable bonds is 7. The van der Waals surface area contributed by atoms with Crippen molar-refractivity contribution in [1.82, 2.24) is 0 Å². The molecule has 1 aliphatic rings. The Morgan fingerprint density at radius 1 is 1.14 bits per heavy atom. The minimum Gasteiger partial charge on any atom is -0.423 e. The molecule has 0 bridgehead atoms. The third-order valence-electron chi connectivity index (χ3n) is 5.95. The van der Waals surface area contributed by atoms with E-state index in [-0.39, 0.29) is 11.3 Å². The van der Waals surface area contributed by atoms with Crippen LogP contribution in [0.1, 0.15) is 85.7 Å². The van der Waals surface area contributed by atoms with Gasteiger partial charge >= 0.3 is 5.97 Å². The molecular weight excluding hydrogens is 365 g/mol. The summed E-state index contributed by atoms with van der Waals surface area (Å²) in [7, 11) is 0. The smallest absolute Gasteiger partial charge is 0.343 e. The molecule has 3 rings (SSSR count). The minimum atomic E-state index is -0.688. The molecule has 152 valence electrons. The highest BCUT2D eigenvalue weighted by Gasteiger charge is 2.26. The van der Waals surface area contributed by atoms with Gasteiger partial charge in [0, 0.05) is 6.07 Å². The van der Waals surface area contributed by atoms with Crippen LogP contribution in [0.4, 0.5) is 4.39 Å². The van der Waals surface area contributed by atoms with Crippen molar-refractivity contribution in [3.63, 3.8) is 0 Å². The van der Waals surface area contributed by atoms with E-state index in [1.165, 1.54) is 50.7 Å². The summed E-state index contributed by atoms with van der Waals surface area (Å²) < 4.78 is 19.2. The number of esters is 1. The zero-order valence-corrected chi connectivity index (χ0v) is 17.0. The molecule has 0 heterocycles. The van der Waals surface area contributed by atoms with Crippen LogP contribution in [0.5, 0.6) is 5.75 Å². The van der Waals surface area contributed by atoms with Crippen LogP contribution in [0.3, 0.4) is 0 Å². The lowest BCUT2D eigenvalue weighted by molar-refractivity contribution is 0.0732. The Bertz CT molecular complexity index is 879. The summed E-state index contributed by atoms with van der Waals surface area (Å²) in [6, 6.07) is 13.2. The fourth-order valence-corrected chi connectivity index (χ4v) is 4.30. The van der Waals surface area contributed by atoms with Gasteiger partial charge in [-0.25, -0.2) is 9.18 Å². The molecule has 4 heteroatoms. The first-order valence-corrected chi connectivity index (χ1v) is 10.6. The highest BCUT2D eigenvalue weighted by Crippen LogP contribution is 2.39. The topological polar surface area (TPSA) is 50.1 Å². The molecule has 3 nitrogen and oxygen atoms in total. The lowest BCUT2D eigenvalue weighted by Gasteiger charge is -2.29. The second kappa shape index (κ2) is 10.2. The molecule has 0 unspecified atom stereocenters. The maximum absolute atomic E-state index is 13.8. The molecule has 1 saturated carbocycles. The van der Waals surface area contributed by atoms with Gasteiger partial charge in [0.15, 0.2) is 0 Å².